The highest BCUT2D eigenvalue weighted by Crippen LogP contribution is 2.58. The number of nitriles is 1. The van der Waals surface area contributed by atoms with Crippen LogP contribution in [0.5, 0.6) is 0 Å². The van der Waals surface area contributed by atoms with Crippen molar-refractivity contribution in [2.75, 3.05) is 0 Å². The van der Waals surface area contributed by atoms with Crippen LogP contribution in [0.15, 0.2) is 58.9 Å². The van der Waals surface area contributed by atoms with Crippen LogP contribution in [0.4, 0.5) is 0 Å². The highest BCUT2D eigenvalue weighted by Gasteiger charge is 2.67. The second-order valence-corrected chi connectivity index (χ2v) is 25.2. The lowest BCUT2D eigenvalue weighted by Gasteiger charge is -2.58. The lowest BCUT2D eigenvalue weighted by Crippen LogP contribution is -3.51. The Kier molecular flexibility index (Phi) is 10.9. The molecule has 3 saturated heterocycles. The van der Waals surface area contributed by atoms with Gasteiger partial charge in [-0.3, -0.25) is 4.90 Å². The summed E-state index contributed by atoms with van der Waals surface area (Å²) < 4.78 is 0. The number of nitrogens with two attached hydrogens (primary N) is 1. The van der Waals surface area contributed by atoms with Crippen LogP contribution in [-0.2, 0) is 0 Å². The van der Waals surface area contributed by atoms with Crippen LogP contribution < -0.4 is 10.2 Å². The van der Waals surface area contributed by atoms with Crippen LogP contribution in [0, 0.1) is 70.5 Å². The number of fused-ring (bicyclic) bond motifs is 8. The summed E-state index contributed by atoms with van der Waals surface area (Å²) in [5.74, 6) is 6.73. The molecular weight excluding hydrogens is 763 g/mol. The first kappa shape index (κ1) is 40.7. The Labute approximate surface area is 374 Å². The van der Waals surface area contributed by atoms with E-state index in [-0.39, 0.29) is 5.92 Å². The predicted octanol–water partition coefficient (Wildman–Crippen LogP) is 9.32. The molecule has 20 unspecified atom stereocenters. The Bertz CT molecular complexity index is 1880. The number of nitrogens with zero attached hydrogens (tertiary/aromatic N) is 3. The minimum Gasteiger partial charge on any atom is -0.367 e. The Morgan fingerprint density at radius 2 is 1.56 bits per heavy atom. The van der Waals surface area contributed by atoms with Crippen molar-refractivity contribution < 1.29 is 10.2 Å². The molecule has 4 heterocycles. The van der Waals surface area contributed by atoms with Gasteiger partial charge in [0.05, 0.1) is 29.9 Å². The van der Waals surface area contributed by atoms with E-state index in [4.69, 9.17) is 0 Å². The van der Waals surface area contributed by atoms with Gasteiger partial charge in [0, 0.05) is 58.2 Å². The zero-order chi connectivity index (χ0) is 41.1. The molecule has 0 spiro atoms. The van der Waals surface area contributed by atoms with Crippen molar-refractivity contribution in [1.29, 1.82) is 5.26 Å². The van der Waals surface area contributed by atoms with E-state index in [1.54, 1.807) is 11.3 Å². The maximum atomic E-state index is 11.6. The van der Waals surface area contributed by atoms with Crippen molar-refractivity contribution in [3.63, 3.8) is 0 Å². The van der Waals surface area contributed by atoms with Crippen LogP contribution in [0.2, 0.25) is 0 Å². The lowest BCUT2D eigenvalue weighted by molar-refractivity contribution is -1.26. The highest BCUT2D eigenvalue weighted by molar-refractivity contribution is 8.00. The second kappa shape index (κ2) is 16.3. The average Bonchev–Trinajstić information content (AvgIpc) is 3.92. The highest BCUT2D eigenvalue weighted by atomic mass is 32.2. The number of likely N-dealkylation sites (tertiary alicyclic amines) is 1. The quantitative estimate of drug-likeness (QED) is 0.271. The maximum absolute atomic E-state index is 11.6. The zero-order valence-electron chi connectivity index (χ0n) is 38.5. The molecule has 3 N–H and O–H groups in total. The van der Waals surface area contributed by atoms with Crippen molar-refractivity contribution >= 4 is 11.8 Å². The van der Waals surface area contributed by atoms with Gasteiger partial charge in [-0.05, 0) is 158 Å². The molecule has 4 saturated carbocycles. The number of thioether (sulfide) groups is 1. The van der Waals surface area contributed by atoms with Crippen molar-refractivity contribution in [1.82, 2.24) is 9.80 Å². The molecule has 8 aliphatic carbocycles. The van der Waals surface area contributed by atoms with Gasteiger partial charge in [0.2, 0.25) is 12.3 Å². The van der Waals surface area contributed by atoms with E-state index < -0.39 is 0 Å². The molecule has 0 aromatic heterocycles. The third-order valence-electron chi connectivity index (χ3n) is 20.6. The zero-order valence-corrected chi connectivity index (χ0v) is 39.3. The Morgan fingerprint density at radius 1 is 0.754 bits per heavy atom. The van der Waals surface area contributed by atoms with Crippen molar-refractivity contribution in [2.45, 2.75) is 215 Å². The number of hydrogen-bond donors (Lipinski definition) is 2. The van der Waals surface area contributed by atoms with Gasteiger partial charge in [-0.1, -0.05) is 80.7 Å². The Morgan fingerprint density at radius 3 is 2.43 bits per heavy atom. The third-order valence-corrected chi connectivity index (χ3v) is 22.3. The van der Waals surface area contributed by atoms with Gasteiger partial charge >= 0.3 is 0 Å². The summed E-state index contributed by atoms with van der Waals surface area (Å²) in [7, 11) is 0. The van der Waals surface area contributed by atoms with E-state index in [1.165, 1.54) is 128 Å². The van der Waals surface area contributed by atoms with Crippen LogP contribution >= 0.6 is 11.8 Å². The molecule has 330 valence electrons. The van der Waals surface area contributed by atoms with E-state index in [9.17, 15) is 5.26 Å². The number of quaternary nitrogens is 2. The lowest BCUT2D eigenvalue weighted by atomic mass is 9.66. The fraction of sp³-hybridized carbons (Fsp3) is 0.800. The molecule has 0 aromatic carbocycles. The summed E-state index contributed by atoms with van der Waals surface area (Å²) in [5.41, 5.74) is 6.76. The number of rotatable bonds is 5. The van der Waals surface area contributed by atoms with Gasteiger partial charge in [0.1, 0.15) is 0 Å². The fourth-order valence-electron chi connectivity index (χ4n) is 18.7. The van der Waals surface area contributed by atoms with E-state index in [0.29, 0.717) is 60.3 Å². The summed E-state index contributed by atoms with van der Waals surface area (Å²) in [4.78, 5) is 8.38. The molecule has 0 radical (unpaired) electrons. The number of allylic oxidation sites excluding steroid dienone is 6. The smallest absolute Gasteiger partial charge is 0.228 e. The van der Waals surface area contributed by atoms with Crippen LogP contribution in [0.3, 0.4) is 0 Å². The first-order valence-electron chi connectivity index (χ1n) is 26.6. The topological polar surface area (TPSA) is 51.3 Å². The first-order chi connectivity index (χ1) is 29.9. The molecule has 0 aromatic rings. The molecule has 12 aliphatic rings. The Balaban J connectivity index is 0.953. The molecular formula is C55H81N5S+2. The third kappa shape index (κ3) is 6.58. The molecule has 61 heavy (non-hydrogen) atoms. The normalized spacial score (nSPS) is 50.6. The van der Waals surface area contributed by atoms with E-state index in [0.717, 1.165) is 58.5 Å². The number of hydrogen-bond acceptors (Lipinski definition) is 4. The molecule has 5 nitrogen and oxygen atoms in total. The number of nitrogens with one attached hydrogen (secondary N) is 1. The summed E-state index contributed by atoms with van der Waals surface area (Å²) in [6, 6.07) is 6.70. The first-order valence-corrected chi connectivity index (χ1v) is 27.5. The minimum atomic E-state index is 0.126. The predicted molar refractivity (Wildman–Crippen MR) is 249 cm³/mol. The minimum absolute atomic E-state index is 0.126. The van der Waals surface area contributed by atoms with Crippen LogP contribution in [-0.4, -0.2) is 68.9 Å². The molecule has 7 fully saturated rings. The van der Waals surface area contributed by atoms with Crippen LogP contribution in [0.25, 0.3) is 0 Å². The van der Waals surface area contributed by atoms with Crippen molar-refractivity contribution in [2.24, 2.45) is 59.2 Å². The standard InChI is InChI=1S/C55H79N5S/c1-32-25-34(3)52-42(27-32)43-28-33(2)26-35(4)53(43)60(52)48-30-47(59-45-21-11-8-17-38(45)39-18-9-12-22-46(39)59)36(31-56)29-44(48)55-57-54(58(55)37-15-6-5-7-16-37)41-20-14-24-50-51(41)40-19-10-13-23-49(40)61-50/h10,13-14,20,25,27,33,35-38,40-45,47-55,57H,5-9,11-12,15-19,21-24,26,28-30H2,1-4H3/p+2. The van der Waals surface area contributed by atoms with Gasteiger partial charge in [0.25, 0.3) is 0 Å². The molecule has 12 rings (SSSR count). The van der Waals surface area contributed by atoms with Gasteiger partial charge < -0.3 is 4.90 Å². The summed E-state index contributed by atoms with van der Waals surface area (Å²) >= 11 is 2.38. The van der Waals surface area contributed by atoms with Gasteiger partial charge in [-0.25, -0.2) is 10.2 Å². The maximum Gasteiger partial charge on any atom is 0.228 e. The molecule has 4 aliphatic heterocycles. The molecule has 0 bridgehead atoms. The Hall–Kier alpha value is -1.78. The second-order valence-electron chi connectivity index (χ2n) is 23.7. The SMILES string of the molecule is CC1=CC2C3CC(C)CC(C)C3N(C3CC(N4C5=C(CCCC5)C5CCCCC54)C(C#N)CC3C3[NH2+]C(C4C=CCC5SC6CC=CCC6C54)[NH+]3C3CCCCC3)C2C(C)=C1. The summed E-state index contributed by atoms with van der Waals surface area (Å²) in [6.07, 6.45) is 44.0. The van der Waals surface area contributed by atoms with Gasteiger partial charge in [-0.2, -0.15) is 17.0 Å². The van der Waals surface area contributed by atoms with Crippen molar-refractivity contribution in [3.05, 3.63) is 58.9 Å². The average molecular weight is 844 g/mol. The van der Waals surface area contributed by atoms with Crippen LogP contribution in [0.1, 0.15) is 156 Å². The summed E-state index contributed by atoms with van der Waals surface area (Å²) in [5, 5.41) is 16.3. The monoisotopic (exact) mass is 844 g/mol. The molecule has 0 amide bonds. The van der Waals surface area contributed by atoms with E-state index in [1.807, 2.05) is 10.5 Å². The summed E-state index contributed by atoms with van der Waals surface area (Å²) in [6.45, 7) is 10.1. The van der Waals surface area contributed by atoms with E-state index in [2.05, 4.69) is 97.1 Å². The molecule has 6 heteroatoms. The van der Waals surface area contributed by atoms with Gasteiger partial charge in [0.15, 0.2) is 0 Å². The van der Waals surface area contributed by atoms with Crippen molar-refractivity contribution in [3.8, 4) is 6.07 Å². The van der Waals surface area contributed by atoms with E-state index >= 15 is 0 Å². The molecule has 20 atom stereocenters. The fourth-order valence-corrected chi connectivity index (χ4v) is 20.7. The van der Waals surface area contributed by atoms with Gasteiger partial charge in [-0.15, -0.1) is 0 Å². The largest absolute Gasteiger partial charge is 0.367 e.